The van der Waals surface area contributed by atoms with Gasteiger partial charge in [0.2, 0.25) is 0 Å². The second kappa shape index (κ2) is 9.70. The smallest absolute Gasteiger partial charge is 0.306 e. The number of anilines is 1. The van der Waals surface area contributed by atoms with E-state index in [1.165, 1.54) is 12.0 Å². The van der Waals surface area contributed by atoms with Gasteiger partial charge >= 0.3 is 11.9 Å². The number of ketones is 1. The number of carbonyl (C=O) groups excluding carboxylic acids is 4. The van der Waals surface area contributed by atoms with Crippen molar-refractivity contribution in [2.75, 3.05) is 31.8 Å². The summed E-state index contributed by atoms with van der Waals surface area (Å²) in [6.07, 6.45) is 0.643. The molecule has 2 rings (SSSR count). The van der Waals surface area contributed by atoms with Crippen LogP contribution in [0.4, 0.5) is 5.69 Å². The molecule has 1 aromatic rings. The van der Waals surface area contributed by atoms with Crippen molar-refractivity contribution in [3.8, 4) is 5.75 Å². The third kappa shape index (κ3) is 5.54. The van der Waals surface area contributed by atoms with Crippen molar-refractivity contribution in [2.45, 2.75) is 32.6 Å². The maximum absolute atomic E-state index is 12.4. The Hall–Kier alpha value is -2.90. The summed E-state index contributed by atoms with van der Waals surface area (Å²) in [6, 6.07) is 4.82. The van der Waals surface area contributed by atoms with E-state index in [4.69, 9.17) is 9.47 Å². The zero-order valence-electron chi connectivity index (χ0n) is 15.5. The highest BCUT2D eigenvalue weighted by molar-refractivity contribution is 6.02. The summed E-state index contributed by atoms with van der Waals surface area (Å²) >= 11 is 0. The van der Waals surface area contributed by atoms with Crippen molar-refractivity contribution < 1.29 is 33.4 Å². The highest BCUT2D eigenvalue weighted by Crippen LogP contribution is 2.33. The molecular weight excluding hydrogens is 354 g/mol. The number of nitrogens with zero attached hydrogens (tertiary/aromatic N) is 1. The van der Waals surface area contributed by atoms with Crippen LogP contribution in [0.15, 0.2) is 18.2 Å². The molecule has 27 heavy (non-hydrogen) atoms. The summed E-state index contributed by atoms with van der Waals surface area (Å²) in [4.78, 5) is 48.8. The highest BCUT2D eigenvalue weighted by atomic mass is 16.5. The van der Waals surface area contributed by atoms with E-state index >= 15 is 0 Å². The largest absolute Gasteiger partial charge is 0.482 e. The Morgan fingerprint density at radius 3 is 2.63 bits per heavy atom. The average molecular weight is 377 g/mol. The van der Waals surface area contributed by atoms with Crippen molar-refractivity contribution in [3.05, 3.63) is 23.8 Å². The summed E-state index contributed by atoms with van der Waals surface area (Å²) < 4.78 is 14.8. The van der Waals surface area contributed by atoms with Crippen LogP contribution in [0.5, 0.6) is 5.75 Å². The lowest BCUT2D eigenvalue weighted by molar-refractivity contribution is -0.143. The molecule has 0 radical (unpaired) electrons. The summed E-state index contributed by atoms with van der Waals surface area (Å²) in [5, 5.41) is 0. The zero-order valence-corrected chi connectivity index (χ0v) is 15.5. The van der Waals surface area contributed by atoms with Crippen LogP contribution in [0.25, 0.3) is 0 Å². The van der Waals surface area contributed by atoms with E-state index in [0.717, 1.165) is 0 Å². The van der Waals surface area contributed by atoms with Crippen LogP contribution >= 0.6 is 0 Å². The van der Waals surface area contributed by atoms with Gasteiger partial charge in [-0.1, -0.05) is 0 Å². The maximum Gasteiger partial charge on any atom is 0.306 e. The summed E-state index contributed by atoms with van der Waals surface area (Å²) in [5.41, 5.74) is 0.868. The SMILES string of the molecule is CCOC(=O)CCC(=O)c1ccc2c(c1)N(CCCC(=O)OC)C(=O)CO2. The first-order valence-corrected chi connectivity index (χ1v) is 8.79. The molecule has 0 bridgehead atoms. The van der Waals surface area contributed by atoms with E-state index in [2.05, 4.69) is 4.74 Å². The number of benzene rings is 1. The minimum atomic E-state index is -0.424. The minimum Gasteiger partial charge on any atom is -0.482 e. The van der Waals surface area contributed by atoms with Gasteiger partial charge in [-0.15, -0.1) is 0 Å². The molecule has 146 valence electrons. The Morgan fingerprint density at radius 2 is 1.93 bits per heavy atom. The lowest BCUT2D eigenvalue weighted by Crippen LogP contribution is -2.39. The molecule has 0 aliphatic carbocycles. The van der Waals surface area contributed by atoms with Gasteiger partial charge in [-0.05, 0) is 31.5 Å². The number of amides is 1. The molecule has 0 saturated heterocycles. The molecule has 0 spiro atoms. The van der Waals surface area contributed by atoms with Crippen molar-refractivity contribution in [1.82, 2.24) is 0 Å². The molecule has 0 saturated carbocycles. The number of hydrogen-bond acceptors (Lipinski definition) is 7. The Bertz CT molecular complexity index is 729. The van der Waals surface area contributed by atoms with E-state index < -0.39 is 5.97 Å². The molecule has 1 aliphatic rings. The van der Waals surface area contributed by atoms with E-state index in [9.17, 15) is 19.2 Å². The van der Waals surface area contributed by atoms with Crippen LogP contribution in [0, 0.1) is 0 Å². The first-order chi connectivity index (χ1) is 13.0. The Labute approximate surface area is 157 Å². The lowest BCUT2D eigenvalue weighted by atomic mass is 10.0. The van der Waals surface area contributed by atoms with Gasteiger partial charge in [0.1, 0.15) is 5.75 Å². The number of esters is 2. The third-order valence-corrected chi connectivity index (χ3v) is 4.08. The first kappa shape index (κ1) is 20.4. The summed E-state index contributed by atoms with van der Waals surface area (Å²) in [5.74, 6) is -0.748. The third-order valence-electron chi connectivity index (χ3n) is 4.08. The molecule has 0 N–H and O–H groups in total. The van der Waals surface area contributed by atoms with Gasteiger partial charge in [0.25, 0.3) is 5.91 Å². The van der Waals surface area contributed by atoms with E-state index in [1.54, 1.807) is 25.1 Å². The number of rotatable bonds is 9. The number of methoxy groups -OCH3 is 1. The molecular formula is C19H23NO7. The van der Waals surface area contributed by atoms with Crippen molar-refractivity contribution in [1.29, 1.82) is 0 Å². The van der Waals surface area contributed by atoms with Gasteiger partial charge in [-0.25, -0.2) is 0 Å². The molecule has 0 unspecified atom stereocenters. The van der Waals surface area contributed by atoms with Gasteiger partial charge in [0, 0.05) is 24.9 Å². The van der Waals surface area contributed by atoms with E-state index in [1.807, 2.05) is 0 Å². The molecule has 1 aromatic carbocycles. The van der Waals surface area contributed by atoms with Gasteiger partial charge in [0.05, 0.1) is 25.8 Å². The molecule has 1 aliphatic heterocycles. The highest BCUT2D eigenvalue weighted by Gasteiger charge is 2.26. The minimum absolute atomic E-state index is 0.00202. The van der Waals surface area contributed by atoms with Crippen LogP contribution in [-0.4, -0.2) is 50.5 Å². The monoisotopic (exact) mass is 377 g/mol. The van der Waals surface area contributed by atoms with Crippen LogP contribution in [0.2, 0.25) is 0 Å². The fraction of sp³-hybridized carbons (Fsp3) is 0.474. The number of carbonyl (C=O) groups is 4. The molecule has 0 atom stereocenters. The molecule has 0 fully saturated rings. The fourth-order valence-electron chi connectivity index (χ4n) is 2.70. The number of Topliss-reactive ketones (excluding diaryl/α,β-unsaturated/α-hetero) is 1. The number of hydrogen-bond donors (Lipinski definition) is 0. The normalized spacial score (nSPS) is 12.8. The second-order valence-electron chi connectivity index (χ2n) is 5.92. The molecule has 1 heterocycles. The quantitative estimate of drug-likeness (QED) is 0.479. The lowest BCUT2D eigenvalue weighted by Gasteiger charge is -2.29. The summed E-state index contributed by atoms with van der Waals surface area (Å²) in [7, 11) is 1.31. The fourth-order valence-corrected chi connectivity index (χ4v) is 2.70. The predicted molar refractivity (Wildman–Crippen MR) is 95.7 cm³/mol. The molecule has 0 aromatic heterocycles. The maximum atomic E-state index is 12.4. The van der Waals surface area contributed by atoms with Crippen LogP contribution in [0.3, 0.4) is 0 Å². The van der Waals surface area contributed by atoms with Crippen LogP contribution in [0.1, 0.15) is 43.0 Å². The topological polar surface area (TPSA) is 99.2 Å². The second-order valence-corrected chi connectivity index (χ2v) is 5.92. The van der Waals surface area contributed by atoms with Gasteiger partial charge in [0.15, 0.2) is 12.4 Å². The van der Waals surface area contributed by atoms with Crippen LogP contribution < -0.4 is 9.64 Å². The molecule has 8 nitrogen and oxygen atoms in total. The van der Waals surface area contributed by atoms with Gasteiger partial charge < -0.3 is 19.1 Å². The Balaban J connectivity index is 2.09. The van der Waals surface area contributed by atoms with E-state index in [-0.39, 0.29) is 50.1 Å². The van der Waals surface area contributed by atoms with Crippen molar-refractivity contribution >= 4 is 29.3 Å². The first-order valence-electron chi connectivity index (χ1n) is 8.79. The zero-order chi connectivity index (χ0) is 19.8. The van der Waals surface area contributed by atoms with Gasteiger partial charge in [-0.3, -0.25) is 19.2 Å². The van der Waals surface area contributed by atoms with Crippen LogP contribution in [-0.2, 0) is 23.9 Å². The predicted octanol–water partition coefficient (Wildman–Crippen LogP) is 1.89. The molecule has 1 amide bonds. The Morgan fingerprint density at radius 1 is 1.15 bits per heavy atom. The van der Waals surface area contributed by atoms with Crippen molar-refractivity contribution in [2.24, 2.45) is 0 Å². The van der Waals surface area contributed by atoms with E-state index in [0.29, 0.717) is 30.0 Å². The summed E-state index contributed by atoms with van der Waals surface area (Å²) in [6.45, 7) is 2.19. The Kier molecular flexibility index (Phi) is 7.34. The number of ether oxygens (including phenoxy) is 3. The van der Waals surface area contributed by atoms with Gasteiger partial charge in [-0.2, -0.15) is 0 Å². The standard InChI is InChI=1S/C19H23NO7/c1-3-26-19(24)9-7-15(21)13-6-8-16-14(11-13)20(17(22)12-27-16)10-4-5-18(23)25-2/h6,8,11H,3-5,7,9-10,12H2,1-2H3. The van der Waals surface area contributed by atoms with Crippen molar-refractivity contribution in [3.63, 3.8) is 0 Å². The average Bonchev–Trinajstić information content (AvgIpc) is 2.67. The molecule has 8 heteroatoms. The number of fused-ring (bicyclic) bond motifs is 1.